The second-order valence-corrected chi connectivity index (χ2v) is 5.03. The van der Waals surface area contributed by atoms with E-state index in [9.17, 15) is 0 Å². The van der Waals surface area contributed by atoms with Crippen LogP contribution < -0.4 is 5.73 Å². The third kappa shape index (κ3) is 2.00. The normalized spacial score (nSPS) is 11.2. The quantitative estimate of drug-likeness (QED) is 0.790. The van der Waals surface area contributed by atoms with Gasteiger partial charge in [-0.25, -0.2) is 4.98 Å². The first-order valence-electron chi connectivity index (χ1n) is 6.98. The van der Waals surface area contributed by atoms with E-state index in [1.54, 1.807) is 0 Å². The molecule has 3 heteroatoms. The van der Waals surface area contributed by atoms with Gasteiger partial charge >= 0.3 is 0 Å². The molecule has 0 aliphatic heterocycles. The number of rotatable bonds is 3. The lowest BCUT2D eigenvalue weighted by Crippen LogP contribution is -1.96. The molecular weight excluding hydrogens is 246 g/mol. The molecule has 0 radical (unpaired) electrons. The van der Waals surface area contributed by atoms with Crippen LogP contribution >= 0.6 is 0 Å². The maximum atomic E-state index is 5.71. The van der Waals surface area contributed by atoms with Gasteiger partial charge < -0.3 is 10.3 Å². The van der Waals surface area contributed by atoms with Gasteiger partial charge in [-0.3, -0.25) is 0 Å². The molecule has 3 aromatic rings. The monoisotopic (exact) mass is 265 g/mol. The second-order valence-electron chi connectivity index (χ2n) is 5.03. The lowest BCUT2D eigenvalue weighted by molar-refractivity contribution is 0.953. The summed E-state index contributed by atoms with van der Waals surface area (Å²) in [6.07, 6.45) is 1.01. The van der Waals surface area contributed by atoms with Crippen LogP contribution in [0.2, 0.25) is 0 Å². The average Bonchev–Trinajstić information content (AvgIpc) is 2.83. The number of nitrogens with two attached hydrogens (primary N) is 1. The lowest BCUT2D eigenvalue weighted by atomic mass is 10.0. The van der Waals surface area contributed by atoms with Gasteiger partial charge in [0.05, 0.1) is 11.0 Å². The molecule has 0 bridgehead atoms. The Labute approximate surface area is 119 Å². The van der Waals surface area contributed by atoms with E-state index in [0.717, 1.165) is 28.8 Å². The number of aryl methyl sites for hydroxylation is 2. The predicted molar refractivity (Wildman–Crippen MR) is 83.4 cm³/mol. The van der Waals surface area contributed by atoms with Gasteiger partial charge in [-0.15, -0.1) is 0 Å². The Kier molecular flexibility index (Phi) is 3.28. The molecule has 3 nitrogen and oxygen atoms in total. The average molecular weight is 265 g/mol. The Morgan fingerprint density at radius 3 is 2.70 bits per heavy atom. The first-order valence-corrected chi connectivity index (χ1v) is 6.98. The number of hydrogen-bond acceptors (Lipinski definition) is 2. The van der Waals surface area contributed by atoms with Crippen LogP contribution in [0.25, 0.3) is 22.4 Å². The van der Waals surface area contributed by atoms with Gasteiger partial charge in [-0.1, -0.05) is 37.3 Å². The number of imidazole rings is 1. The van der Waals surface area contributed by atoms with Gasteiger partial charge in [-0.2, -0.15) is 0 Å². The summed E-state index contributed by atoms with van der Waals surface area (Å²) in [6, 6.07) is 14.7. The van der Waals surface area contributed by atoms with E-state index in [0.29, 0.717) is 6.54 Å². The van der Waals surface area contributed by atoms with Crippen LogP contribution in [0.1, 0.15) is 18.1 Å². The van der Waals surface area contributed by atoms with E-state index in [1.165, 1.54) is 11.1 Å². The van der Waals surface area contributed by atoms with E-state index in [-0.39, 0.29) is 0 Å². The highest BCUT2D eigenvalue weighted by atomic mass is 15.1. The van der Waals surface area contributed by atoms with Crippen molar-refractivity contribution >= 4 is 11.0 Å². The van der Waals surface area contributed by atoms with E-state index in [2.05, 4.69) is 61.0 Å². The summed E-state index contributed by atoms with van der Waals surface area (Å²) < 4.78 is 2.16. The van der Waals surface area contributed by atoms with Crippen LogP contribution in [0, 0.1) is 0 Å². The number of fused-ring (bicyclic) bond motifs is 1. The second kappa shape index (κ2) is 5.10. The van der Waals surface area contributed by atoms with Crippen LogP contribution in [-0.2, 0) is 20.0 Å². The molecule has 0 aliphatic rings. The minimum absolute atomic E-state index is 0.549. The molecule has 0 aliphatic carbocycles. The fourth-order valence-electron chi connectivity index (χ4n) is 2.66. The minimum atomic E-state index is 0.549. The molecule has 2 aromatic carbocycles. The van der Waals surface area contributed by atoms with Gasteiger partial charge in [0.2, 0.25) is 0 Å². The van der Waals surface area contributed by atoms with Crippen LogP contribution in [-0.4, -0.2) is 9.55 Å². The number of hydrogen-bond donors (Lipinski definition) is 1. The molecular formula is C17H19N3. The Balaban J connectivity index is 2.23. The highest BCUT2D eigenvalue weighted by Crippen LogP contribution is 2.27. The summed E-state index contributed by atoms with van der Waals surface area (Å²) in [5.41, 5.74) is 11.5. The van der Waals surface area contributed by atoms with Crippen molar-refractivity contribution in [2.24, 2.45) is 12.8 Å². The van der Waals surface area contributed by atoms with Crippen molar-refractivity contribution in [3.63, 3.8) is 0 Å². The maximum absolute atomic E-state index is 5.71. The Morgan fingerprint density at radius 2 is 1.95 bits per heavy atom. The fourth-order valence-corrected chi connectivity index (χ4v) is 2.66. The molecule has 0 spiro atoms. The molecule has 102 valence electrons. The van der Waals surface area contributed by atoms with Crippen LogP contribution in [0.5, 0.6) is 0 Å². The van der Waals surface area contributed by atoms with Gasteiger partial charge in [0.25, 0.3) is 0 Å². The number of aromatic nitrogens is 2. The van der Waals surface area contributed by atoms with Crippen molar-refractivity contribution in [2.75, 3.05) is 0 Å². The molecule has 1 aromatic heterocycles. The third-order valence-electron chi connectivity index (χ3n) is 3.82. The molecule has 0 saturated heterocycles. The Bertz CT molecular complexity index is 756. The summed E-state index contributed by atoms with van der Waals surface area (Å²) in [7, 11) is 2.07. The van der Waals surface area contributed by atoms with Crippen LogP contribution in [0.3, 0.4) is 0 Å². The summed E-state index contributed by atoms with van der Waals surface area (Å²) >= 11 is 0. The fraction of sp³-hybridized carbons (Fsp3) is 0.235. The third-order valence-corrected chi connectivity index (χ3v) is 3.82. The first-order chi connectivity index (χ1) is 9.74. The number of benzene rings is 2. The van der Waals surface area contributed by atoms with Gasteiger partial charge in [0.1, 0.15) is 5.82 Å². The molecule has 0 unspecified atom stereocenters. The lowest BCUT2D eigenvalue weighted by Gasteiger charge is -2.07. The molecule has 0 fully saturated rings. The summed E-state index contributed by atoms with van der Waals surface area (Å²) in [6.45, 7) is 2.72. The zero-order valence-corrected chi connectivity index (χ0v) is 11.9. The van der Waals surface area contributed by atoms with Crippen molar-refractivity contribution in [1.82, 2.24) is 9.55 Å². The molecule has 0 amide bonds. The van der Waals surface area contributed by atoms with E-state index < -0.39 is 0 Å². The predicted octanol–water partition coefficient (Wildman–Crippen LogP) is 3.26. The van der Waals surface area contributed by atoms with E-state index in [4.69, 9.17) is 10.7 Å². The highest BCUT2D eigenvalue weighted by Gasteiger charge is 2.12. The molecule has 3 rings (SSSR count). The minimum Gasteiger partial charge on any atom is -0.327 e. The Morgan fingerprint density at radius 1 is 1.15 bits per heavy atom. The van der Waals surface area contributed by atoms with E-state index in [1.807, 2.05) is 0 Å². The van der Waals surface area contributed by atoms with Crippen molar-refractivity contribution in [2.45, 2.75) is 19.9 Å². The van der Waals surface area contributed by atoms with Crippen molar-refractivity contribution in [3.05, 3.63) is 53.6 Å². The summed E-state index contributed by atoms with van der Waals surface area (Å²) in [5, 5.41) is 0. The number of nitrogens with zero attached hydrogens (tertiary/aromatic N) is 2. The molecule has 0 atom stereocenters. The smallest absolute Gasteiger partial charge is 0.141 e. The molecule has 20 heavy (non-hydrogen) atoms. The zero-order chi connectivity index (χ0) is 14.1. The summed E-state index contributed by atoms with van der Waals surface area (Å²) in [4.78, 5) is 4.81. The first kappa shape index (κ1) is 12.9. The SMILES string of the molecule is CCc1ccccc1-c1nc2cc(CN)ccc2n1C. The van der Waals surface area contributed by atoms with Crippen LogP contribution in [0.15, 0.2) is 42.5 Å². The van der Waals surface area contributed by atoms with Crippen LogP contribution in [0.4, 0.5) is 0 Å². The highest BCUT2D eigenvalue weighted by molar-refractivity contribution is 5.81. The van der Waals surface area contributed by atoms with Crippen molar-refractivity contribution < 1.29 is 0 Å². The molecule has 0 saturated carbocycles. The van der Waals surface area contributed by atoms with Gasteiger partial charge in [0.15, 0.2) is 0 Å². The zero-order valence-electron chi connectivity index (χ0n) is 11.9. The van der Waals surface area contributed by atoms with Gasteiger partial charge in [-0.05, 0) is 29.7 Å². The maximum Gasteiger partial charge on any atom is 0.141 e. The van der Waals surface area contributed by atoms with E-state index >= 15 is 0 Å². The topological polar surface area (TPSA) is 43.8 Å². The summed E-state index contributed by atoms with van der Waals surface area (Å²) in [5.74, 6) is 1.02. The molecule has 2 N–H and O–H groups in total. The Hall–Kier alpha value is -2.13. The van der Waals surface area contributed by atoms with Crippen molar-refractivity contribution in [3.8, 4) is 11.4 Å². The standard InChI is InChI=1S/C17H19N3/c1-3-13-6-4-5-7-14(13)17-19-15-10-12(11-18)8-9-16(15)20(17)2/h4-10H,3,11,18H2,1-2H3. The van der Waals surface area contributed by atoms with Gasteiger partial charge in [0, 0.05) is 19.2 Å². The van der Waals surface area contributed by atoms with Crippen molar-refractivity contribution in [1.29, 1.82) is 0 Å². The largest absolute Gasteiger partial charge is 0.327 e. The molecule has 1 heterocycles.